The minimum atomic E-state index is -0.833. The molecule has 1 heterocycles. The van der Waals surface area contributed by atoms with Crippen molar-refractivity contribution in [2.75, 3.05) is 13.1 Å². The molecule has 0 saturated heterocycles. The van der Waals surface area contributed by atoms with Gasteiger partial charge in [-0.25, -0.2) is 0 Å². The van der Waals surface area contributed by atoms with Gasteiger partial charge in [-0.15, -0.1) is 6.58 Å². The molecule has 0 spiro atoms. The number of benzene rings is 1. The summed E-state index contributed by atoms with van der Waals surface area (Å²) < 4.78 is 0. The van der Waals surface area contributed by atoms with Gasteiger partial charge in [0.1, 0.15) is 0 Å². The predicted molar refractivity (Wildman–Crippen MR) is 74.9 cm³/mol. The van der Waals surface area contributed by atoms with Gasteiger partial charge in [0.15, 0.2) is 0 Å². The lowest BCUT2D eigenvalue weighted by molar-refractivity contribution is -0.138. The Morgan fingerprint density at radius 1 is 1.37 bits per heavy atom. The number of carboxylic acids is 1. The summed E-state index contributed by atoms with van der Waals surface area (Å²) in [5.41, 5.74) is 2.00. The molecule has 19 heavy (non-hydrogen) atoms. The van der Waals surface area contributed by atoms with Gasteiger partial charge >= 0.3 is 5.97 Å². The molecule has 0 aliphatic rings. The van der Waals surface area contributed by atoms with Gasteiger partial charge < -0.3 is 5.11 Å². The summed E-state index contributed by atoms with van der Waals surface area (Å²) in [5.74, 6) is -0.833. The zero-order chi connectivity index (χ0) is 13.7. The highest BCUT2D eigenvalue weighted by Gasteiger charge is 2.10. The van der Waals surface area contributed by atoms with Crippen molar-refractivity contribution in [1.29, 1.82) is 0 Å². The Hall–Kier alpha value is -2.20. The molecule has 1 N–H and O–H groups in total. The zero-order valence-corrected chi connectivity index (χ0v) is 10.6. The molecule has 1 aromatic carbocycles. The van der Waals surface area contributed by atoms with Crippen LogP contribution in [0.3, 0.4) is 0 Å². The number of hydrogen-bond donors (Lipinski definition) is 1. The third-order valence-electron chi connectivity index (χ3n) is 2.88. The summed E-state index contributed by atoms with van der Waals surface area (Å²) in [7, 11) is 0. The van der Waals surface area contributed by atoms with Crippen molar-refractivity contribution in [3.63, 3.8) is 0 Å². The quantitative estimate of drug-likeness (QED) is 0.806. The Morgan fingerprint density at radius 3 is 2.89 bits per heavy atom. The van der Waals surface area contributed by atoms with E-state index in [0.29, 0.717) is 13.1 Å². The van der Waals surface area contributed by atoms with Gasteiger partial charge in [-0.3, -0.25) is 14.7 Å². The van der Waals surface area contributed by atoms with E-state index >= 15 is 0 Å². The average molecular weight is 256 g/mol. The number of nitrogens with zero attached hydrogens (tertiary/aromatic N) is 2. The molecule has 0 unspecified atom stereocenters. The lowest BCUT2D eigenvalue weighted by Gasteiger charge is -2.19. The van der Waals surface area contributed by atoms with Crippen molar-refractivity contribution in [3.8, 4) is 0 Å². The normalized spacial score (nSPS) is 10.8. The fourth-order valence-corrected chi connectivity index (χ4v) is 2.09. The second kappa shape index (κ2) is 6.11. The summed E-state index contributed by atoms with van der Waals surface area (Å²) in [6.07, 6.45) is 3.47. The van der Waals surface area contributed by atoms with Crippen LogP contribution in [0.25, 0.3) is 10.9 Å². The van der Waals surface area contributed by atoms with E-state index in [1.165, 1.54) is 0 Å². The maximum atomic E-state index is 10.9. The van der Waals surface area contributed by atoms with Gasteiger partial charge in [-0.1, -0.05) is 24.3 Å². The lowest BCUT2D eigenvalue weighted by Crippen LogP contribution is -2.29. The van der Waals surface area contributed by atoms with Gasteiger partial charge in [-0.2, -0.15) is 0 Å². The number of fused-ring (bicyclic) bond motifs is 1. The molecule has 4 nitrogen and oxygen atoms in total. The summed E-state index contributed by atoms with van der Waals surface area (Å²) in [4.78, 5) is 17.0. The van der Waals surface area contributed by atoms with Gasteiger partial charge in [0, 0.05) is 24.7 Å². The summed E-state index contributed by atoms with van der Waals surface area (Å²) in [6, 6.07) is 9.79. The highest BCUT2D eigenvalue weighted by atomic mass is 16.4. The Labute approximate surface area is 112 Å². The SMILES string of the molecule is C=CCN(CC(=O)O)Cc1ccnc2ccccc12. The number of carbonyl (C=O) groups is 1. The molecule has 0 aliphatic heterocycles. The smallest absolute Gasteiger partial charge is 0.317 e. The largest absolute Gasteiger partial charge is 0.480 e. The first kappa shape index (κ1) is 13.2. The number of hydrogen-bond acceptors (Lipinski definition) is 3. The number of pyridine rings is 1. The van der Waals surface area contributed by atoms with Crippen LogP contribution in [0.1, 0.15) is 5.56 Å². The molecule has 2 rings (SSSR count). The first-order valence-corrected chi connectivity index (χ1v) is 6.08. The Morgan fingerprint density at radius 2 is 2.16 bits per heavy atom. The maximum absolute atomic E-state index is 10.9. The van der Waals surface area contributed by atoms with Gasteiger partial charge in [-0.05, 0) is 17.7 Å². The number of rotatable bonds is 6. The minimum absolute atomic E-state index is 0.00265. The van der Waals surface area contributed by atoms with Crippen LogP contribution < -0.4 is 0 Å². The minimum Gasteiger partial charge on any atom is -0.480 e. The van der Waals surface area contributed by atoms with Crippen molar-refractivity contribution in [2.24, 2.45) is 0 Å². The fourth-order valence-electron chi connectivity index (χ4n) is 2.09. The molecule has 2 aromatic rings. The first-order chi connectivity index (χ1) is 9.20. The van der Waals surface area contributed by atoms with Crippen molar-refractivity contribution in [1.82, 2.24) is 9.88 Å². The third kappa shape index (κ3) is 3.39. The van der Waals surface area contributed by atoms with Crippen molar-refractivity contribution < 1.29 is 9.90 Å². The number of aromatic nitrogens is 1. The van der Waals surface area contributed by atoms with Gasteiger partial charge in [0.2, 0.25) is 0 Å². The molecule has 0 radical (unpaired) electrons. The van der Waals surface area contributed by atoms with Crippen LogP contribution in [0.5, 0.6) is 0 Å². The highest BCUT2D eigenvalue weighted by molar-refractivity contribution is 5.81. The van der Waals surface area contributed by atoms with E-state index in [-0.39, 0.29) is 6.54 Å². The monoisotopic (exact) mass is 256 g/mol. The van der Waals surface area contributed by atoms with Gasteiger partial charge in [0.05, 0.1) is 12.1 Å². The van der Waals surface area contributed by atoms with Crippen molar-refractivity contribution in [2.45, 2.75) is 6.54 Å². The van der Waals surface area contributed by atoms with Crippen molar-refractivity contribution >= 4 is 16.9 Å². The number of carboxylic acid groups (broad SMARTS) is 1. The Bertz CT molecular complexity index is 590. The Balaban J connectivity index is 2.27. The van der Waals surface area contributed by atoms with E-state index in [1.54, 1.807) is 12.3 Å². The highest BCUT2D eigenvalue weighted by Crippen LogP contribution is 2.17. The van der Waals surface area contributed by atoms with Crippen LogP contribution in [0.4, 0.5) is 0 Å². The Kier molecular flexibility index (Phi) is 4.26. The molecule has 4 heteroatoms. The molecule has 0 aliphatic carbocycles. The number of aliphatic carboxylic acids is 1. The molecule has 0 amide bonds. The van der Waals surface area contributed by atoms with E-state index in [1.807, 2.05) is 35.2 Å². The summed E-state index contributed by atoms with van der Waals surface area (Å²) in [5, 5.41) is 9.97. The molecule has 98 valence electrons. The molecule has 0 saturated carbocycles. The molecular weight excluding hydrogens is 240 g/mol. The molecule has 0 fully saturated rings. The van der Waals surface area contributed by atoms with Crippen LogP contribution in [-0.4, -0.2) is 34.0 Å². The molecule has 1 aromatic heterocycles. The molecular formula is C15H16N2O2. The number of para-hydroxylation sites is 1. The van der Waals surface area contributed by atoms with Crippen LogP contribution in [0, 0.1) is 0 Å². The molecule has 0 bridgehead atoms. The summed E-state index contributed by atoms with van der Waals surface area (Å²) >= 11 is 0. The van der Waals surface area contributed by atoms with Crippen LogP contribution in [-0.2, 0) is 11.3 Å². The standard InChI is InChI=1S/C15H16N2O2/c1-2-9-17(11-15(18)19)10-12-7-8-16-14-6-4-3-5-13(12)14/h2-8H,1,9-11H2,(H,18,19). The summed E-state index contributed by atoms with van der Waals surface area (Å²) in [6.45, 7) is 4.78. The van der Waals surface area contributed by atoms with E-state index in [2.05, 4.69) is 11.6 Å². The maximum Gasteiger partial charge on any atom is 0.317 e. The first-order valence-electron chi connectivity index (χ1n) is 6.08. The predicted octanol–water partition coefficient (Wildman–Crippen LogP) is 2.31. The average Bonchev–Trinajstić information content (AvgIpc) is 2.39. The third-order valence-corrected chi connectivity index (χ3v) is 2.88. The van der Waals surface area contributed by atoms with Gasteiger partial charge in [0.25, 0.3) is 0 Å². The fraction of sp³-hybridized carbons (Fsp3) is 0.200. The van der Waals surface area contributed by atoms with E-state index in [0.717, 1.165) is 16.5 Å². The lowest BCUT2D eigenvalue weighted by atomic mass is 10.1. The van der Waals surface area contributed by atoms with Crippen LogP contribution in [0.15, 0.2) is 49.2 Å². The second-order valence-electron chi connectivity index (χ2n) is 4.34. The van der Waals surface area contributed by atoms with Crippen molar-refractivity contribution in [3.05, 3.63) is 54.7 Å². The van der Waals surface area contributed by atoms with E-state index < -0.39 is 5.97 Å². The topological polar surface area (TPSA) is 53.4 Å². The van der Waals surface area contributed by atoms with E-state index in [4.69, 9.17) is 5.11 Å². The van der Waals surface area contributed by atoms with Crippen LogP contribution in [0.2, 0.25) is 0 Å². The van der Waals surface area contributed by atoms with E-state index in [9.17, 15) is 4.79 Å². The molecule has 0 atom stereocenters. The van der Waals surface area contributed by atoms with Crippen LogP contribution >= 0.6 is 0 Å². The zero-order valence-electron chi connectivity index (χ0n) is 10.6. The second-order valence-corrected chi connectivity index (χ2v) is 4.34.